The Balaban J connectivity index is 2.29. The van der Waals surface area contributed by atoms with Crippen molar-refractivity contribution in [3.05, 3.63) is 53.8 Å². The molecule has 2 nitrogen and oxygen atoms in total. The van der Waals surface area contributed by atoms with Gasteiger partial charge in [-0.15, -0.1) is 0 Å². The molecular formula is C16H18FNO. The van der Waals surface area contributed by atoms with Gasteiger partial charge >= 0.3 is 0 Å². The van der Waals surface area contributed by atoms with Gasteiger partial charge in [-0.25, -0.2) is 4.39 Å². The maximum atomic E-state index is 13.5. The second kappa shape index (κ2) is 5.85. The van der Waals surface area contributed by atoms with Crippen LogP contribution in [-0.4, -0.2) is 26.1 Å². The van der Waals surface area contributed by atoms with Crippen LogP contribution in [0, 0.1) is 5.82 Å². The fraction of sp³-hybridized carbons (Fsp3) is 0.250. The van der Waals surface area contributed by atoms with Crippen molar-refractivity contribution in [2.24, 2.45) is 0 Å². The molecule has 0 fully saturated rings. The molecule has 0 aliphatic carbocycles. The first kappa shape index (κ1) is 13.6. The smallest absolute Gasteiger partial charge is 0.127 e. The van der Waals surface area contributed by atoms with E-state index in [0.717, 1.165) is 17.7 Å². The maximum absolute atomic E-state index is 13.5. The van der Waals surface area contributed by atoms with E-state index in [-0.39, 0.29) is 5.82 Å². The molecule has 0 N–H and O–H groups in total. The average Bonchev–Trinajstić information content (AvgIpc) is 2.38. The number of nitrogens with zero attached hydrogens (tertiary/aromatic N) is 1. The normalized spacial score (nSPS) is 10.8. The molecule has 0 aliphatic heterocycles. The fourth-order valence-corrected chi connectivity index (χ4v) is 2.01. The lowest BCUT2D eigenvalue weighted by atomic mass is 10.0. The molecule has 2 aromatic carbocycles. The van der Waals surface area contributed by atoms with Crippen molar-refractivity contribution in [3.8, 4) is 16.9 Å². The summed E-state index contributed by atoms with van der Waals surface area (Å²) in [5.41, 5.74) is 3.05. The van der Waals surface area contributed by atoms with E-state index < -0.39 is 0 Å². The SMILES string of the molecule is COc1cc(F)cc(-c2ccc(CN(C)C)cc2)c1. The molecule has 0 radical (unpaired) electrons. The van der Waals surface area contributed by atoms with Crippen LogP contribution in [-0.2, 0) is 6.54 Å². The summed E-state index contributed by atoms with van der Waals surface area (Å²) in [6, 6.07) is 12.9. The number of hydrogen-bond acceptors (Lipinski definition) is 2. The summed E-state index contributed by atoms with van der Waals surface area (Å²) in [5.74, 6) is 0.249. The van der Waals surface area contributed by atoms with Crippen LogP contribution in [0.5, 0.6) is 5.75 Å². The molecule has 2 aromatic rings. The summed E-state index contributed by atoms with van der Waals surface area (Å²) in [4.78, 5) is 2.11. The highest BCUT2D eigenvalue weighted by Crippen LogP contribution is 2.25. The lowest BCUT2D eigenvalue weighted by Crippen LogP contribution is -2.10. The van der Waals surface area contributed by atoms with Crippen LogP contribution in [0.3, 0.4) is 0 Å². The predicted molar refractivity (Wildman–Crippen MR) is 75.8 cm³/mol. The van der Waals surface area contributed by atoms with Crippen molar-refractivity contribution in [1.29, 1.82) is 0 Å². The van der Waals surface area contributed by atoms with Crippen LogP contribution >= 0.6 is 0 Å². The third-order valence-corrected chi connectivity index (χ3v) is 2.89. The summed E-state index contributed by atoms with van der Waals surface area (Å²) in [6.45, 7) is 0.896. The molecule has 0 heterocycles. The summed E-state index contributed by atoms with van der Waals surface area (Å²) in [5, 5.41) is 0. The Morgan fingerprint density at radius 3 is 2.26 bits per heavy atom. The lowest BCUT2D eigenvalue weighted by molar-refractivity contribution is 0.402. The van der Waals surface area contributed by atoms with E-state index in [1.54, 1.807) is 7.11 Å². The molecule has 0 spiro atoms. The highest BCUT2D eigenvalue weighted by Gasteiger charge is 2.04. The van der Waals surface area contributed by atoms with Crippen LogP contribution in [0.4, 0.5) is 4.39 Å². The third-order valence-electron chi connectivity index (χ3n) is 2.89. The zero-order valence-electron chi connectivity index (χ0n) is 11.5. The second-order valence-electron chi connectivity index (χ2n) is 4.81. The Kier molecular flexibility index (Phi) is 4.17. The Hall–Kier alpha value is -1.87. The molecule has 0 unspecified atom stereocenters. The van der Waals surface area contributed by atoms with Gasteiger partial charge in [-0.3, -0.25) is 0 Å². The fourth-order valence-electron chi connectivity index (χ4n) is 2.01. The van der Waals surface area contributed by atoms with Crippen LogP contribution in [0.1, 0.15) is 5.56 Å². The summed E-state index contributed by atoms with van der Waals surface area (Å²) in [6.07, 6.45) is 0. The van der Waals surface area contributed by atoms with Gasteiger partial charge in [-0.05, 0) is 42.9 Å². The molecule has 0 saturated carbocycles. The van der Waals surface area contributed by atoms with Gasteiger partial charge in [0.15, 0.2) is 0 Å². The van der Waals surface area contributed by atoms with E-state index in [4.69, 9.17) is 4.74 Å². The Bertz CT molecular complexity index is 549. The zero-order chi connectivity index (χ0) is 13.8. The lowest BCUT2D eigenvalue weighted by Gasteiger charge is -2.10. The number of rotatable bonds is 4. The molecule has 0 aliphatic rings. The van der Waals surface area contributed by atoms with E-state index in [1.165, 1.54) is 17.7 Å². The Morgan fingerprint density at radius 2 is 1.68 bits per heavy atom. The first-order chi connectivity index (χ1) is 9.08. The van der Waals surface area contributed by atoms with Gasteiger partial charge in [0.05, 0.1) is 7.11 Å². The zero-order valence-corrected chi connectivity index (χ0v) is 11.5. The molecule has 19 heavy (non-hydrogen) atoms. The highest BCUT2D eigenvalue weighted by molar-refractivity contribution is 5.65. The van der Waals surface area contributed by atoms with Crippen molar-refractivity contribution in [2.75, 3.05) is 21.2 Å². The van der Waals surface area contributed by atoms with E-state index in [0.29, 0.717) is 5.75 Å². The minimum atomic E-state index is -0.285. The highest BCUT2D eigenvalue weighted by atomic mass is 19.1. The van der Waals surface area contributed by atoms with Crippen LogP contribution in [0.2, 0.25) is 0 Å². The van der Waals surface area contributed by atoms with Gasteiger partial charge in [0.1, 0.15) is 11.6 Å². The summed E-state index contributed by atoms with van der Waals surface area (Å²) < 4.78 is 18.6. The topological polar surface area (TPSA) is 12.5 Å². The van der Waals surface area contributed by atoms with Gasteiger partial charge < -0.3 is 9.64 Å². The number of methoxy groups -OCH3 is 1. The van der Waals surface area contributed by atoms with E-state index in [2.05, 4.69) is 17.0 Å². The summed E-state index contributed by atoms with van der Waals surface area (Å²) in [7, 11) is 5.61. The average molecular weight is 259 g/mol. The minimum absolute atomic E-state index is 0.285. The quantitative estimate of drug-likeness (QED) is 0.832. The largest absolute Gasteiger partial charge is 0.497 e. The summed E-state index contributed by atoms with van der Waals surface area (Å²) >= 11 is 0. The van der Waals surface area contributed by atoms with Crippen LogP contribution in [0.15, 0.2) is 42.5 Å². The standard InChI is InChI=1S/C16H18FNO/c1-18(2)11-12-4-6-13(7-5-12)14-8-15(17)10-16(9-14)19-3/h4-10H,11H2,1-3H3. The van der Waals surface area contributed by atoms with Crippen molar-refractivity contribution >= 4 is 0 Å². The van der Waals surface area contributed by atoms with Gasteiger partial charge in [-0.2, -0.15) is 0 Å². The van der Waals surface area contributed by atoms with Gasteiger partial charge in [0.2, 0.25) is 0 Å². The molecule has 2 rings (SSSR count). The van der Waals surface area contributed by atoms with Crippen molar-refractivity contribution in [2.45, 2.75) is 6.54 Å². The second-order valence-corrected chi connectivity index (χ2v) is 4.81. The molecule has 0 atom stereocenters. The predicted octanol–water partition coefficient (Wildman–Crippen LogP) is 3.56. The number of benzene rings is 2. The van der Waals surface area contributed by atoms with Gasteiger partial charge in [-0.1, -0.05) is 24.3 Å². The van der Waals surface area contributed by atoms with Crippen molar-refractivity contribution < 1.29 is 9.13 Å². The van der Waals surface area contributed by atoms with E-state index in [9.17, 15) is 4.39 Å². The molecular weight excluding hydrogens is 241 g/mol. The monoisotopic (exact) mass is 259 g/mol. The first-order valence-electron chi connectivity index (χ1n) is 6.17. The number of ether oxygens (including phenoxy) is 1. The number of hydrogen-bond donors (Lipinski definition) is 0. The molecule has 0 saturated heterocycles. The Labute approximate surface area is 113 Å². The minimum Gasteiger partial charge on any atom is -0.497 e. The van der Waals surface area contributed by atoms with Crippen molar-refractivity contribution in [3.63, 3.8) is 0 Å². The van der Waals surface area contributed by atoms with Gasteiger partial charge in [0, 0.05) is 12.6 Å². The molecule has 3 heteroatoms. The third kappa shape index (κ3) is 3.55. The van der Waals surface area contributed by atoms with Crippen LogP contribution < -0.4 is 4.74 Å². The first-order valence-corrected chi connectivity index (χ1v) is 6.17. The maximum Gasteiger partial charge on any atom is 0.127 e. The van der Waals surface area contributed by atoms with Gasteiger partial charge in [0.25, 0.3) is 0 Å². The molecule has 100 valence electrons. The van der Waals surface area contributed by atoms with E-state index >= 15 is 0 Å². The molecule has 0 bridgehead atoms. The Morgan fingerprint density at radius 1 is 1.00 bits per heavy atom. The molecule has 0 amide bonds. The molecule has 0 aromatic heterocycles. The number of halogens is 1. The van der Waals surface area contributed by atoms with E-state index in [1.807, 2.05) is 32.3 Å². The van der Waals surface area contributed by atoms with Crippen LogP contribution in [0.25, 0.3) is 11.1 Å². The van der Waals surface area contributed by atoms with Crippen molar-refractivity contribution in [1.82, 2.24) is 4.90 Å².